The van der Waals surface area contributed by atoms with Crippen LogP contribution < -0.4 is 5.32 Å². The predicted molar refractivity (Wildman–Crippen MR) is 75.3 cm³/mol. The highest BCUT2D eigenvalue weighted by atomic mass is 35.5. The van der Waals surface area contributed by atoms with E-state index in [0.717, 1.165) is 11.8 Å². The highest BCUT2D eigenvalue weighted by Gasteiger charge is 2.45. The summed E-state index contributed by atoms with van der Waals surface area (Å²) < 4.78 is 0. The second kappa shape index (κ2) is 5.75. The number of benzene rings is 1. The van der Waals surface area contributed by atoms with E-state index in [4.69, 9.17) is 11.6 Å². The molecule has 2 atom stereocenters. The quantitative estimate of drug-likeness (QED) is 0.871. The summed E-state index contributed by atoms with van der Waals surface area (Å²) in [7, 11) is 0. The lowest BCUT2D eigenvalue weighted by atomic mass is 10.0. The minimum absolute atomic E-state index is 0.302. The van der Waals surface area contributed by atoms with Crippen LogP contribution in [0.3, 0.4) is 0 Å². The Hall–Kier alpha value is -1.33. The molecule has 2 unspecified atom stereocenters. The first-order valence-corrected chi connectivity index (χ1v) is 7.09. The third-order valence-electron chi connectivity index (χ3n) is 2.84. The van der Waals surface area contributed by atoms with Gasteiger partial charge in [-0.05, 0) is 30.7 Å². The summed E-state index contributed by atoms with van der Waals surface area (Å²) in [5.74, 6) is -2.06. The largest absolute Gasteiger partial charge is 0.325 e. The van der Waals surface area contributed by atoms with Crippen LogP contribution in [-0.2, 0) is 14.4 Å². The number of hydrogen-bond acceptors (Lipinski definition) is 4. The maximum atomic E-state index is 12.0. The molecule has 1 fully saturated rings. The Kier molecular flexibility index (Phi) is 4.27. The number of amides is 1. The molecule has 0 spiro atoms. The van der Waals surface area contributed by atoms with Crippen LogP contribution in [0.1, 0.15) is 13.3 Å². The first-order valence-electron chi connectivity index (χ1n) is 5.83. The van der Waals surface area contributed by atoms with Crippen LogP contribution in [0.5, 0.6) is 0 Å². The zero-order valence-corrected chi connectivity index (χ0v) is 11.8. The van der Waals surface area contributed by atoms with Crippen molar-refractivity contribution in [3.05, 3.63) is 29.3 Å². The fourth-order valence-corrected chi connectivity index (χ4v) is 3.02. The van der Waals surface area contributed by atoms with Crippen LogP contribution in [0.2, 0.25) is 5.02 Å². The van der Waals surface area contributed by atoms with Gasteiger partial charge in [0.2, 0.25) is 11.0 Å². The van der Waals surface area contributed by atoms with Gasteiger partial charge in [0.15, 0.2) is 11.7 Å². The molecule has 1 aromatic rings. The lowest BCUT2D eigenvalue weighted by Gasteiger charge is -2.08. The second-order valence-electron chi connectivity index (χ2n) is 4.17. The summed E-state index contributed by atoms with van der Waals surface area (Å²) in [5.41, 5.74) is 0.514. The number of rotatable bonds is 3. The Labute approximate surface area is 119 Å². The average molecular weight is 298 g/mol. The van der Waals surface area contributed by atoms with Gasteiger partial charge in [0.1, 0.15) is 0 Å². The Morgan fingerprint density at radius 1 is 1.32 bits per heavy atom. The number of anilines is 1. The molecule has 1 saturated heterocycles. The second-order valence-corrected chi connectivity index (χ2v) is 5.81. The number of Topliss-reactive ketones (excluding diaryl/α,β-unsaturated/α-hetero) is 1. The summed E-state index contributed by atoms with van der Waals surface area (Å²) in [4.78, 5) is 35.6. The van der Waals surface area contributed by atoms with E-state index in [1.54, 1.807) is 24.3 Å². The maximum Gasteiger partial charge on any atom is 0.243 e. The topological polar surface area (TPSA) is 63.2 Å². The van der Waals surface area contributed by atoms with E-state index in [0.29, 0.717) is 17.1 Å². The molecule has 100 valence electrons. The van der Waals surface area contributed by atoms with E-state index in [-0.39, 0.29) is 10.9 Å². The summed E-state index contributed by atoms with van der Waals surface area (Å²) >= 11 is 6.69. The van der Waals surface area contributed by atoms with Crippen LogP contribution >= 0.6 is 23.4 Å². The first kappa shape index (κ1) is 14.1. The van der Waals surface area contributed by atoms with Gasteiger partial charge in [-0.1, -0.05) is 30.3 Å². The van der Waals surface area contributed by atoms with Crippen molar-refractivity contribution in [3.63, 3.8) is 0 Å². The highest BCUT2D eigenvalue weighted by molar-refractivity contribution is 8.15. The third-order valence-corrected chi connectivity index (χ3v) is 4.41. The van der Waals surface area contributed by atoms with E-state index in [1.807, 2.05) is 6.92 Å². The van der Waals surface area contributed by atoms with Crippen LogP contribution in [0, 0.1) is 5.92 Å². The molecular formula is C13H12ClNO3S. The molecule has 1 N–H and O–H groups in total. The molecule has 0 bridgehead atoms. The SMILES string of the molecule is CCC1SC(=O)C(C(=O)Nc2ccc(Cl)cc2)C1=O. The minimum atomic E-state index is -1.19. The number of hydrogen-bond donors (Lipinski definition) is 1. The molecule has 1 aliphatic rings. The van der Waals surface area contributed by atoms with Crippen molar-refractivity contribution in [3.8, 4) is 0 Å². The molecule has 0 saturated carbocycles. The van der Waals surface area contributed by atoms with E-state index in [1.165, 1.54) is 0 Å². The fraction of sp³-hybridized carbons (Fsp3) is 0.308. The van der Waals surface area contributed by atoms with Crippen molar-refractivity contribution in [2.45, 2.75) is 18.6 Å². The summed E-state index contributed by atoms with van der Waals surface area (Å²) in [5, 5.41) is 2.35. The normalized spacial score (nSPS) is 22.6. The van der Waals surface area contributed by atoms with Crippen LogP contribution in [-0.4, -0.2) is 22.1 Å². The fourth-order valence-electron chi connectivity index (χ4n) is 1.84. The van der Waals surface area contributed by atoms with Gasteiger partial charge in [-0.25, -0.2) is 0 Å². The minimum Gasteiger partial charge on any atom is -0.325 e. The summed E-state index contributed by atoms with van der Waals surface area (Å²) in [6.45, 7) is 1.82. The molecule has 2 rings (SSSR count). The Balaban J connectivity index is 2.10. The van der Waals surface area contributed by atoms with Crippen LogP contribution in [0.25, 0.3) is 0 Å². The zero-order valence-electron chi connectivity index (χ0n) is 10.2. The van der Waals surface area contributed by atoms with Crippen molar-refractivity contribution in [2.75, 3.05) is 5.32 Å². The van der Waals surface area contributed by atoms with Gasteiger partial charge in [-0.3, -0.25) is 14.4 Å². The van der Waals surface area contributed by atoms with Crippen LogP contribution in [0.4, 0.5) is 5.69 Å². The number of halogens is 1. The van der Waals surface area contributed by atoms with E-state index in [2.05, 4.69) is 5.32 Å². The summed E-state index contributed by atoms with van der Waals surface area (Å²) in [6.07, 6.45) is 0.556. The number of thioether (sulfide) groups is 1. The van der Waals surface area contributed by atoms with Crippen LogP contribution in [0.15, 0.2) is 24.3 Å². The maximum absolute atomic E-state index is 12.0. The first-order chi connectivity index (χ1) is 9.02. The molecule has 6 heteroatoms. The number of ketones is 1. The standard InChI is InChI=1S/C13H12ClNO3S/c1-2-9-11(16)10(13(18)19-9)12(17)15-8-5-3-7(14)4-6-8/h3-6,9-10H,2H2,1H3,(H,15,17). The molecule has 1 heterocycles. The number of carbonyl (C=O) groups excluding carboxylic acids is 3. The van der Waals surface area contributed by atoms with Gasteiger partial charge in [0.05, 0.1) is 5.25 Å². The van der Waals surface area contributed by atoms with Crippen molar-refractivity contribution in [1.29, 1.82) is 0 Å². The van der Waals surface area contributed by atoms with Gasteiger partial charge >= 0.3 is 0 Å². The van der Waals surface area contributed by atoms with Crippen molar-refractivity contribution in [1.82, 2.24) is 0 Å². The number of nitrogens with one attached hydrogen (secondary N) is 1. The van der Waals surface area contributed by atoms with Gasteiger partial charge in [0, 0.05) is 10.7 Å². The van der Waals surface area contributed by atoms with Crippen molar-refractivity contribution >= 4 is 45.9 Å². The molecule has 19 heavy (non-hydrogen) atoms. The molecule has 1 amide bonds. The molecule has 0 radical (unpaired) electrons. The molecule has 1 aromatic carbocycles. The molecule has 0 aromatic heterocycles. The Morgan fingerprint density at radius 3 is 2.47 bits per heavy atom. The Bertz CT molecular complexity index is 529. The number of carbonyl (C=O) groups is 3. The van der Waals surface area contributed by atoms with Crippen molar-refractivity contribution < 1.29 is 14.4 Å². The molecule has 0 aliphatic carbocycles. The van der Waals surface area contributed by atoms with Gasteiger partial charge in [-0.15, -0.1) is 0 Å². The van der Waals surface area contributed by atoms with Gasteiger partial charge < -0.3 is 5.32 Å². The van der Waals surface area contributed by atoms with Crippen molar-refractivity contribution in [2.24, 2.45) is 5.92 Å². The monoisotopic (exact) mass is 297 g/mol. The smallest absolute Gasteiger partial charge is 0.243 e. The third kappa shape index (κ3) is 2.98. The van der Waals surface area contributed by atoms with Gasteiger partial charge in [0.25, 0.3) is 0 Å². The zero-order chi connectivity index (χ0) is 14.0. The van der Waals surface area contributed by atoms with E-state index in [9.17, 15) is 14.4 Å². The summed E-state index contributed by atoms with van der Waals surface area (Å²) in [6, 6.07) is 6.49. The van der Waals surface area contributed by atoms with E-state index >= 15 is 0 Å². The molecule has 1 aliphatic heterocycles. The lowest BCUT2D eigenvalue weighted by molar-refractivity contribution is -0.134. The van der Waals surface area contributed by atoms with Gasteiger partial charge in [-0.2, -0.15) is 0 Å². The molecular weight excluding hydrogens is 286 g/mol. The Morgan fingerprint density at radius 2 is 1.95 bits per heavy atom. The lowest BCUT2D eigenvalue weighted by Crippen LogP contribution is -2.32. The average Bonchev–Trinajstić information content (AvgIpc) is 2.67. The predicted octanol–water partition coefficient (Wildman–Crippen LogP) is 2.52. The van der Waals surface area contributed by atoms with E-state index < -0.39 is 17.1 Å². The molecule has 4 nitrogen and oxygen atoms in total. The highest BCUT2D eigenvalue weighted by Crippen LogP contribution is 2.32.